The summed E-state index contributed by atoms with van der Waals surface area (Å²) in [5.41, 5.74) is 20.5. The number of benzene rings is 6. The lowest BCUT2D eigenvalue weighted by Crippen LogP contribution is -2.61. The molecule has 0 aromatic heterocycles. The average Bonchev–Trinajstić information content (AvgIpc) is 3.49. The summed E-state index contributed by atoms with van der Waals surface area (Å²) in [4.78, 5) is 4.84. The smallest absolute Gasteiger partial charge is 0.252 e. The standard InChI is InChI=1S/C56H61BN2/c1-34-25-49-51-50(26-34)59(46-24-20-38(27-35(46)2)52(3,4)5)47-28-37(36-17-15-14-16-18-36)19-23-44(47)57(51)45-30-42-43(56(12,13)33-55(42,10)11)31-48(45)58(49)39-21-22-40-41(29-39)54(8,9)32-53(40,6)7/h14-31H,32-33H2,1-13H3/i1D3. The van der Waals surface area contributed by atoms with Crippen molar-refractivity contribution in [1.82, 2.24) is 0 Å². The fourth-order valence-electron chi connectivity index (χ4n) is 12.3. The van der Waals surface area contributed by atoms with Gasteiger partial charge in [0.15, 0.2) is 0 Å². The van der Waals surface area contributed by atoms with Gasteiger partial charge in [-0.2, -0.15) is 0 Å². The third kappa shape index (κ3) is 5.66. The number of hydrogen-bond donors (Lipinski definition) is 0. The zero-order valence-corrected chi connectivity index (χ0v) is 37.3. The van der Waals surface area contributed by atoms with Crippen molar-refractivity contribution in [3.05, 3.63) is 148 Å². The molecule has 0 spiro atoms. The third-order valence-corrected chi connectivity index (χ3v) is 14.6. The van der Waals surface area contributed by atoms with Crippen LogP contribution in [0.1, 0.15) is 132 Å². The van der Waals surface area contributed by atoms with Crippen molar-refractivity contribution in [3.8, 4) is 11.1 Å². The third-order valence-electron chi connectivity index (χ3n) is 14.6. The lowest BCUT2D eigenvalue weighted by Gasteiger charge is -2.45. The van der Waals surface area contributed by atoms with Crippen molar-refractivity contribution < 1.29 is 4.11 Å². The van der Waals surface area contributed by atoms with Gasteiger partial charge in [0.05, 0.1) is 0 Å². The first-order valence-electron chi connectivity index (χ1n) is 23.3. The molecule has 6 aromatic rings. The maximum atomic E-state index is 9.04. The molecule has 0 bridgehead atoms. The predicted molar refractivity (Wildman–Crippen MR) is 255 cm³/mol. The molecule has 0 fully saturated rings. The van der Waals surface area contributed by atoms with Crippen molar-refractivity contribution >= 4 is 57.2 Å². The Bertz CT molecular complexity index is 2860. The Balaban J connectivity index is 1.34. The van der Waals surface area contributed by atoms with Crippen molar-refractivity contribution in [3.63, 3.8) is 0 Å². The Morgan fingerprint density at radius 3 is 1.78 bits per heavy atom. The van der Waals surface area contributed by atoms with Gasteiger partial charge in [0, 0.05) is 38.2 Å². The lowest BCUT2D eigenvalue weighted by molar-refractivity contribution is 0.403. The first-order chi connectivity index (χ1) is 28.9. The van der Waals surface area contributed by atoms with Crippen LogP contribution in [0.4, 0.5) is 34.1 Å². The Labute approximate surface area is 359 Å². The Hall–Kier alpha value is -5.02. The average molecular weight is 776 g/mol. The summed E-state index contributed by atoms with van der Waals surface area (Å²) in [5, 5.41) is 0. The van der Waals surface area contributed by atoms with Gasteiger partial charge < -0.3 is 9.80 Å². The minimum Gasteiger partial charge on any atom is -0.311 e. The second-order valence-electron chi connectivity index (χ2n) is 22.0. The minimum absolute atomic E-state index is 0.0111. The SMILES string of the molecule is [2H]C([2H])([2H])c1cc2c3c(c1)N(c1ccc(C(C)(C)C)cc1C)c1cc(-c4ccccc4)ccc1B3c1cc3c(cc1N2c1ccc2c(c1)C(C)(C)CC2(C)C)C(C)(C)CC3(C)C. The number of hydrogen-bond acceptors (Lipinski definition) is 2. The van der Waals surface area contributed by atoms with E-state index in [0.29, 0.717) is 5.56 Å². The summed E-state index contributed by atoms with van der Waals surface area (Å²) in [7, 11) is 0. The summed E-state index contributed by atoms with van der Waals surface area (Å²) in [6, 6.07) is 40.6. The first kappa shape index (κ1) is 34.8. The zero-order valence-electron chi connectivity index (χ0n) is 40.3. The maximum Gasteiger partial charge on any atom is 0.252 e. The second-order valence-corrected chi connectivity index (χ2v) is 22.0. The second kappa shape index (κ2) is 12.3. The summed E-state index contributed by atoms with van der Waals surface area (Å²) in [5.74, 6) is 0. The van der Waals surface area contributed by atoms with Gasteiger partial charge in [-0.15, -0.1) is 0 Å². The van der Waals surface area contributed by atoms with Crippen LogP contribution in [0, 0.1) is 13.8 Å². The molecule has 0 saturated carbocycles. The van der Waals surface area contributed by atoms with Crippen LogP contribution in [0.3, 0.4) is 0 Å². The van der Waals surface area contributed by atoms with Crippen LogP contribution < -0.4 is 26.2 Å². The topological polar surface area (TPSA) is 6.48 Å². The van der Waals surface area contributed by atoms with Crippen molar-refractivity contribution in [2.45, 2.75) is 130 Å². The molecule has 0 radical (unpaired) electrons. The van der Waals surface area contributed by atoms with E-state index >= 15 is 0 Å². The van der Waals surface area contributed by atoms with E-state index < -0.39 is 6.85 Å². The van der Waals surface area contributed by atoms with Gasteiger partial charge in [0.1, 0.15) is 0 Å². The van der Waals surface area contributed by atoms with E-state index in [2.05, 4.69) is 190 Å². The molecule has 0 amide bonds. The minimum atomic E-state index is -2.34. The summed E-state index contributed by atoms with van der Waals surface area (Å²) in [6.45, 7) is 25.6. The molecular weight excluding hydrogens is 711 g/mol. The van der Waals surface area contributed by atoms with Crippen molar-refractivity contribution in [2.75, 3.05) is 9.80 Å². The molecule has 2 aliphatic heterocycles. The normalized spacial score (nSPS) is 19.5. The van der Waals surface area contributed by atoms with E-state index in [1.54, 1.807) is 0 Å². The van der Waals surface area contributed by atoms with E-state index in [-0.39, 0.29) is 33.8 Å². The summed E-state index contributed by atoms with van der Waals surface area (Å²) in [6.07, 6.45) is 2.13. The highest BCUT2D eigenvalue weighted by molar-refractivity contribution is 7.00. The van der Waals surface area contributed by atoms with E-state index in [0.717, 1.165) is 69.1 Å². The largest absolute Gasteiger partial charge is 0.311 e. The van der Waals surface area contributed by atoms with Gasteiger partial charge in [-0.25, -0.2) is 0 Å². The fraction of sp³-hybridized carbons (Fsp3) is 0.357. The van der Waals surface area contributed by atoms with Crippen LogP contribution in [-0.2, 0) is 27.1 Å². The maximum absolute atomic E-state index is 9.04. The van der Waals surface area contributed by atoms with Crippen LogP contribution in [0.25, 0.3) is 11.1 Å². The van der Waals surface area contributed by atoms with Crippen LogP contribution in [-0.4, -0.2) is 6.71 Å². The highest BCUT2D eigenvalue weighted by Gasteiger charge is 2.49. The molecule has 0 saturated heterocycles. The first-order valence-corrected chi connectivity index (χ1v) is 21.8. The molecule has 2 nitrogen and oxygen atoms in total. The van der Waals surface area contributed by atoms with Gasteiger partial charge in [-0.3, -0.25) is 0 Å². The van der Waals surface area contributed by atoms with Crippen LogP contribution >= 0.6 is 0 Å². The lowest BCUT2D eigenvalue weighted by atomic mass is 9.33. The number of aryl methyl sites for hydroxylation is 2. The van der Waals surface area contributed by atoms with Gasteiger partial charge in [0.25, 0.3) is 6.71 Å². The molecule has 0 unspecified atom stereocenters. The highest BCUT2D eigenvalue weighted by atomic mass is 15.2. The molecule has 2 aliphatic carbocycles. The van der Waals surface area contributed by atoms with E-state index in [4.69, 9.17) is 4.11 Å². The van der Waals surface area contributed by atoms with E-state index in [1.807, 2.05) is 12.1 Å². The van der Waals surface area contributed by atoms with E-state index in [9.17, 15) is 0 Å². The molecule has 10 rings (SSSR count). The molecule has 59 heavy (non-hydrogen) atoms. The molecular formula is C56H61BN2. The molecule has 0 N–H and O–H groups in total. The summed E-state index contributed by atoms with van der Waals surface area (Å²) < 4.78 is 27.1. The van der Waals surface area contributed by atoms with Crippen molar-refractivity contribution in [2.24, 2.45) is 0 Å². The quantitative estimate of drug-likeness (QED) is 0.165. The van der Waals surface area contributed by atoms with Gasteiger partial charge >= 0.3 is 0 Å². The zero-order chi connectivity index (χ0) is 44.3. The predicted octanol–water partition coefficient (Wildman–Crippen LogP) is 13.3. The Kier molecular flexibility index (Phi) is 7.24. The molecule has 298 valence electrons. The van der Waals surface area contributed by atoms with Gasteiger partial charge in [0.2, 0.25) is 0 Å². The Morgan fingerprint density at radius 2 is 1.14 bits per heavy atom. The fourth-order valence-corrected chi connectivity index (χ4v) is 12.3. The van der Waals surface area contributed by atoms with Crippen LogP contribution in [0.5, 0.6) is 0 Å². The van der Waals surface area contributed by atoms with Crippen LogP contribution in [0.2, 0.25) is 0 Å². The number of fused-ring (bicyclic) bond motifs is 6. The number of rotatable bonds is 3. The van der Waals surface area contributed by atoms with Gasteiger partial charge in [-0.1, -0.05) is 143 Å². The number of anilines is 6. The molecule has 3 heteroatoms. The number of nitrogens with zero attached hydrogens (tertiary/aromatic N) is 2. The monoisotopic (exact) mass is 776 g/mol. The summed E-state index contributed by atoms with van der Waals surface area (Å²) >= 11 is 0. The molecule has 2 heterocycles. The van der Waals surface area contributed by atoms with E-state index in [1.165, 1.54) is 38.7 Å². The highest BCUT2D eigenvalue weighted by Crippen LogP contribution is 2.55. The van der Waals surface area contributed by atoms with Crippen LogP contribution in [0.15, 0.2) is 109 Å². The Morgan fingerprint density at radius 1 is 0.525 bits per heavy atom. The van der Waals surface area contributed by atoms with Gasteiger partial charge in [-0.05, 0) is 163 Å². The molecule has 0 atom stereocenters. The molecule has 6 aromatic carbocycles. The molecule has 4 aliphatic rings. The van der Waals surface area contributed by atoms with Crippen molar-refractivity contribution in [1.29, 1.82) is 0 Å².